The average molecular weight is 234 g/mol. The first-order chi connectivity index (χ1) is 7.22. The summed E-state index contributed by atoms with van der Waals surface area (Å²) in [6.45, 7) is 0. The molecule has 1 aliphatic carbocycles. The van der Waals surface area contributed by atoms with Crippen molar-refractivity contribution in [3.8, 4) is 0 Å². The number of nitrogens with one attached hydrogen (secondary N) is 1. The molecule has 0 aromatic rings. The fraction of sp³-hybridized carbons (Fsp3) is 0.909. The van der Waals surface area contributed by atoms with Crippen molar-refractivity contribution in [2.45, 2.75) is 57.1 Å². The van der Waals surface area contributed by atoms with Crippen LogP contribution in [0.4, 0.5) is 0 Å². The molecule has 0 aliphatic heterocycles. The van der Waals surface area contributed by atoms with E-state index >= 15 is 0 Å². The predicted octanol–water partition coefficient (Wildman–Crippen LogP) is 1.82. The molecule has 0 heterocycles. The molecule has 0 radical (unpaired) electrons. The maximum absolute atomic E-state index is 11.5. The summed E-state index contributed by atoms with van der Waals surface area (Å²) in [4.78, 5) is 11.5. The number of amides is 1. The molecule has 1 fully saturated rings. The molecule has 88 valence electrons. The zero-order chi connectivity index (χ0) is 11.1. The number of carbonyl (C=O) groups is 1. The maximum atomic E-state index is 11.5. The molecule has 15 heavy (non-hydrogen) atoms. The SMILES string of the molecule is O=C(CCCCCl)NC1CCCC(O)C1. The van der Waals surface area contributed by atoms with Crippen LogP contribution in [-0.4, -0.2) is 29.0 Å². The third-order valence-electron chi connectivity index (χ3n) is 2.80. The molecular formula is C11H20ClNO2. The van der Waals surface area contributed by atoms with E-state index in [1.165, 1.54) is 0 Å². The summed E-state index contributed by atoms with van der Waals surface area (Å²) in [5.41, 5.74) is 0. The third kappa shape index (κ3) is 5.38. The van der Waals surface area contributed by atoms with Gasteiger partial charge in [0.15, 0.2) is 0 Å². The number of aliphatic hydroxyl groups excluding tert-OH is 1. The molecule has 4 heteroatoms. The fourth-order valence-corrected chi connectivity index (χ4v) is 2.16. The third-order valence-corrected chi connectivity index (χ3v) is 3.07. The lowest BCUT2D eigenvalue weighted by molar-refractivity contribution is -0.122. The number of alkyl halides is 1. The Balaban J connectivity index is 2.13. The van der Waals surface area contributed by atoms with Crippen LogP contribution in [-0.2, 0) is 4.79 Å². The summed E-state index contributed by atoms with van der Waals surface area (Å²) in [6.07, 6.45) is 5.66. The molecule has 0 saturated heterocycles. The van der Waals surface area contributed by atoms with Crippen LogP contribution in [0.3, 0.4) is 0 Å². The minimum absolute atomic E-state index is 0.0965. The lowest BCUT2D eigenvalue weighted by atomic mass is 9.93. The van der Waals surface area contributed by atoms with Crippen LogP contribution in [0.25, 0.3) is 0 Å². The Morgan fingerprint density at radius 2 is 2.20 bits per heavy atom. The molecule has 2 unspecified atom stereocenters. The molecule has 1 saturated carbocycles. The molecule has 0 bridgehead atoms. The van der Waals surface area contributed by atoms with E-state index in [1.807, 2.05) is 0 Å². The number of hydrogen-bond acceptors (Lipinski definition) is 2. The van der Waals surface area contributed by atoms with E-state index in [-0.39, 0.29) is 18.1 Å². The zero-order valence-electron chi connectivity index (χ0n) is 9.04. The Morgan fingerprint density at radius 3 is 2.87 bits per heavy atom. The highest BCUT2D eigenvalue weighted by molar-refractivity contribution is 6.17. The van der Waals surface area contributed by atoms with E-state index in [1.54, 1.807) is 0 Å². The van der Waals surface area contributed by atoms with Gasteiger partial charge in [0.25, 0.3) is 0 Å². The number of unbranched alkanes of at least 4 members (excludes halogenated alkanes) is 1. The molecule has 2 N–H and O–H groups in total. The van der Waals surface area contributed by atoms with Crippen molar-refractivity contribution >= 4 is 17.5 Å². The maximum Gasteiger partial charge on any atom is 0.220 e. The van der Waals surface area contributed by atoms with Crippen molar-refractivity contribution < 1.29 is 9.90 Å². The van der Waals surface area contributed by atoms with Crippen LogP contribution < -0.4 is 5.32 Å². The molecule has 2 atom stereocenters. The molecule has 1 rings (SSSR count). The van der Waals surface area contributed by atoms with Gasteiger partial charge in [-0.3, -0.25) is 4.79 Å². The van der Waals surface area contributed by atoms with Gasteiger partial charge in [0.1, 0.15) is 0 Å². The van der Waals surface area contributed by atoms with E-state index in [9.17, 15) is 9.90 Å². The first-order valence-electron chi connectivity index (χ1n) is 5.75. The van der Waals surface area contributed by atoms with Crippen molar-refractivity contribution in [1.29, 1.82) is 0 Å². The number of hydrogen-bond donors (Lipinski definition) is 2. The van der Waals surface area contributed by atoms with E-state index in [2.05, 4.69) is 5.32 Å². The fourth-order valence-electron chi connectivity index (χ4n) is 1.97. The van der Waals surface area contributed by atoms with Gasteiger partial charge < -0.3 is 10.4 Å². The first-order valence-corrected chi connectivity index (χ1v) is 6.29. The Kier molecular flexibility index (Phi) is 6.03. The largest absolute Gasteiger partial charge is 0.393 e. The molecule has 3 nitrogen and oxygen atoms in total. The molecule has 0 spiro atoms. The summed E-state index contributed by atoms with van der Waals surface area (Å²) in [7, 11) is 0. The Bertz CT molecular complexity index is 199. The van der Waals surface area contributed by atoms with E-state index < -0.39 is 0 Å². The van der Waals surface area contributed by atoms with Gasteiger partial charge in [0, 0.05) is 18.3 Å². The van der Waals surface area contributed by atoms with Crippen molar-refractivity contribution in [3.05, 3.63) is 0 Å². The molecule has 0 aromatic heterocycles. The standard InChI is InChI=1S/C11H20ClNO2/c12-7-2-1-6-11(15)13-9-4-3-5-10(14)8-9/h9-10,14H,1-8H2,(H,13,15). The van der Waals surface area contributed by atoms with Crippen molar-refractivity contribution in [2.75, 3.05) is 5.88 Å². The van der Waals surface area contributed by atoms with Gasteiger partial charge in [-0.1, -0.05) is 0 Å². The number of rotatable bonds is 5. The Labute approximate surface area is 96.2 Å². The van der Waals surface area contributed by atoms with Crippen molar-refractivity contribution in [2.24, 2.45) is 0 Å². The van der Waals surface area contributed by atoms with Gasteiger partial charge in [-0.15, -0.1) is 11.6 Å². The minimum Gasteiger partial charge on any atom is -0.393 e. The van der Waals surface area contributed by atoms with E-state index in [0.29, 0.717) is 18.7 Å². The normalized spacial score (nSPS) is 26.3. The topological polar surface area (TPSA) is 49.3 Å². The summed E-state index contributed by atoms with van der Waals surface area (Å²) in [6, 6.07) is 0.178. The second-order valence-electron chi connectivity index (χ2n) is 4.23. The van der Waals surface area contributed by atoms with Gasteiger partial charge in [0.2, 0.25) is 5.91 Å². The molecule has 0 aromatic carbocycles. The number of halogens is 1. The lowest BCUT2D eigenvalue weighted by Gasteiger charge is -2.26. The van der Waals surface area contributed by atoms with Gasteiger partial charge >= 0.3 is 0 Å². The summed E-state index contributed by atoms with van der Waals surface area (Å²) in [5.74, 6) is 0.717. The highest BCUT2D eigenvalue weighted by atomic mass is 35.5. The van der Waals surface area contributed by atoms with E-state index in [0.717, 1.165) is 32.1 Å². The van der Waals surface area contributed by atoms with Crippen LogP contribution in [0.2, 0.25) is 0 Å². The summed E-state index contributed by atoms with van der Waals surface area (Å²) >= 11 is 5.53. The van der Waals surface area contributed by atoms with E-state index in [4.69, 9.17) is 11.6 Å². The smallest absolute Gasteiger partial charge is 0.220 e. The van der Waals surface area contributed by atoms with Gasteiger partial charge in [-0.05, 0) is 38.5 Å². The van der Waals surface area contributed by atoms with Gasteiger partial charge in [0.05, 0.1) is 6.10 Å². The Morgan fingerprint density at radius 1 is 1.40 bits per heavy atom. The quantitative estimate of drug-likeness (QED) is 0.562. The van der Waals surface area contributed by atoms with Crippen molar-refractivity contribution in [1.82, 2.24) is 5.32 Å². The van der Waals surface area contributed by atoms with Gasteiger partial charge in [-0.2, -0.15) is 0 Å². The summed E-state index contributed by atoms with van der Waals surface area (Å²) < 4.78 is 0. The number of carbonyl (C=O) groups excluding carboxylic acids is 1. The van der Waals surface area contributed by atoms with Crippen LogP contribution in [0, 0.1) is 0 Å². The molecule has 1 amide bonds. The monoisotopic (exact) mass is 233 g/mol. The first kappa shape index (κ1) is 12.8. The van der Waals surface area contributed by atoms with Gasteiger partial charge in [-0.25, -0.2) is 0 Å². The van der Waals surface area contributed by atoms with Crippen LogP contribution >= 0.6 is 11.6 Å². The van der Waals surface area contributed by atoms with Crippen LogP contribution in [0.1, 0.15) is 44.9 Å². The predicted molar refractivity (Wildman–Crippen MR) is 61.0 cm³/mol. The van der Waals surface area contributed by atoms with Crippen molar-refractivity contribution in [3.63, 3.8) is 0 Å². The average Bonchev–Trinajstić information content (AvgIpc) is 2.18. The zero-order valence-corrected chi connectivity index (χ0v) is 9.80. The number of aliphatic hydroxyl groups is 1. The molecule has 1 aliphatic rings. The second kappa shape index (κ2) is 7.07. The minimum atomic E-state index is -0.230. The molecular weight excluding hydrogens is 214 g/mol. The highest BCUT2D eigenvalue weighted by Crippen LogP contribution is 2.18. The summed E-state index contributed by atoms with van der Waals surface area (Å²) in [5, 5.41) is 12.4. The lowest BCUT2D eigenvalue weighted by Crippen LogP contribution is -2.39. The van der Waals surface area contributed by atoms with Crippen LogP contribution in [0.15, 0.2) is 0 Å². The Hall–Kier alpha value is -0.280. The highest BCUT2D eigenvalue weighted by Gasteiger charge is 2.21. The van der Waals surface area contributed by atoms with Crippen LogP contribution in [0.5, 0.6) is 0 Å². The second-order valence-corrected chi connectivity index (χ2v) is 4.61.